The number of hydrogen-bond acceptors (Lipinski definition) is 1. The molecule has 2 N–H and O–H groups in total. The highest BCUT2D eigenvalue weighted by Crippen LogP contribution is 2.24. The number of hydrogen-bond donors (Lipinski definition) is 1. The number of benzene rings is 1. The van der Waals surface area contributed by atoms with E-state index in [0.717, 1.165) is 23.7 Å². The summed E-state index contributed by atoms with van der Waals surface area (Å²) in [4.78, 5) is 0. The normalized spacial score (nSPS) is 12.9. The van der Waals surface area contributed by atoms with Crippen LogP contribution in [0.25, 0.3) is 0 Å². The lowest BCUT2D eigenvalue weighted by molar-refractivity contribution is 0.632. The van der Waals surface area contributed by atoms with E-state index in [0.29, 0.717) is 0 Å². The summed E-state index contributed by atoms with van der Waals surface area (Å²) < 4.78 is 1.14. The highest BCUT2D eigenvalue weighted by Gasteiger charge is 2.09. The Morgan fingerprint density at radius 1 is 1.36 bits per heavy atom. The first kappa shape index (κ1) is 11.7. The maximum Gasteiger partial charge on any atom is 0.0297 e. The summed E-state index contributed by atoms with van der Waals surface area (Å²) in [5.74, 6) is 0. The fraction of sp³-hybridized carbons (Fsp3) is 0.500. The third-order valence-corrected chi connectivity index (χ3v) is 2.98. The van der Waals surface area contributed by atoms with Gasteiger partial charge in [0.2, 0.25) is 0 Å². The first-order valence-electron chi connectivity index (χ1n) is 5.23. The molecule has 0 aromatic heterocycles. The van der Waals surface area contributed by atoms with Crippen molar-refractivity contribution in [2.24, 2.45) is 5.73 Å². The highest BCUT2D eigenvalue weighted by atomic mass is 79.9. The van der Waals surface area contributed by atoms with Gasteiger partial charge in [0.15, 0.2) is 0 Å². The van der Waals surface area contributed by atoms with Gasteiger partial charge in [-0.15, -0.1) is 0 Å². The fourth-order valence-electron chi connectivity index (χ4n) is 1.71. The average Bonchev–Trinajstić information content (AvgIpc) is 2.17. The average molecular weight is 256 g/mol. The van der Waals surface area contributed by atoms with Crippen molar-refractivity contribution >= 4 is 15.9 Å². The maximum atomic E-state index is 6.12. The van der Waals surface area contributed by atoms with Gasteiger partial charge in [0.25, 0.3) is 0 Å². The minimum Gasteiger partial charge on any atom is -0.324 e. The number of rotatable bonds is 4. The van der Waals surface area contributed by atoms with Crippen molar-refractivity contribution in [3.05, 3.63) is 33.8 Å². The zero-order valence-corrected chi connectivity index (χ0v) is 10.5. The highest BCUT2D eigenvalue weighted by molar-refractivity contribution is 9.10. The van der Waals surface area contributed by atoms with E-state index in [4.69, 9.17) is 5.73 Å². The summed E-state index contributed by atoms with van der Waals surface area (Å²) in [6.45, 7) is 4.34. The summed E-state index contributed by atoms with van der Waals surface area (Å²) >= 11 is 3.48. The minimum atomic E-state index is 0.197. The molecule has 1 aromatic carbocycles. The van der Waals surface area contributed by atoms with Crippen LogP contribution in [-0.4, -0.2) is 0 Å². The van der Waals surface area contributed by atoms with E-state index in [1.165, 1.54) is 11.1 Å². The standard InChI is InChI=1S/C12H18BrN/c1-3-5-12(14)11-7-6-10(13)8-9(11)4-2/h6-8,12H,3-5,14H2,1-2H3. The molecule has 0 bridgehead atoms. The van der Waals surface area contributed by atoms with E-state index in [9.17, 15) is 0 Å². The third-order valence-electron chi connectivity index (χ3n) is 2.49. The van der Waals surface area contributed by atoms with Crippen molar-refractivity contribution < 1.29 is 0 Å². The summed E-state index contributed by atoms with van der Waals surface area (Å²) in [7, 11) is 0. The minimum absolute atomic E-state index is 0.197. The maximum absolute atomic E-state index is 6.12. The van der Waals surface area contributed by atoms with E-state index in [2.05, 4.69) is 48.0 Å². The lowest BCUT2D eigenvalue weighted by Crippen LogP contribution is -2.12. The van der Waals surface area contributed by atoms with Crippen LogP contribution in [0.5, 0.6) is 0 Å². The molecule has 0 heterocycles. The molecule has 0 spiro atoms. The van der Waals surface area contributed by atoms with E-state index in [1.807, 2.05) is 0 Å². The Hall–Kier alpha value is -0.340. The predicted octanol–water partition coefficient (Wildman–Crippen LogP) is 3.81. The van der Waals surface area contributed by atoms with Gasteiger partial charge in [0.1, 0.15) is 0 Å². The largest absolute Gasteiger partial charge is 0.324 e. The van der Waals surface area contributed by atoms with Gasteiger partial charge < -0.3 is 5.73 Å². The van der Waals surface area contributed by atoms with Crippen LogP contribution in [0.4, 0.5) is 0 Å². The third kappa shape index (κ3) is 2.82. The fourth-order valence-corrected chi connectivity index (χ4v) is 2.12. The SMILES string of the molecule is CCCC(N)c1ccc(Br)cc1CC. The molecular weight excluding hydrogens is 238 g/mol. The molecule has 1 nitrogen and oxygen atoms in total. The van der Waals surface area contributed by atoms with E-state index >= 15 is 0 Å². The summed E-state index contributed by atoms with van der Waals surface area (Å²) in [5, 5.41) is 0. The lowest BCUT2D eigenvalue weighted by Gasteiger charge is -2.15. The topological polar surface area (TPSA) is 26.0 Å². The zero-order valence-electron chi connectivity index (χ0n) is 8.89. The molecule has 1 unspecified atom stereocenters. The molecule has 0 saturated heterocycles. The molecule has 1 aromatic rings. The monoisotopic (exact) mass is 255 g/mol. The van der Waals surface area contributed by atoms with Crippen LogP contribution in [0.3, 0.4) is 0 Å². The van der Waals surface area contributed by atoms with Crippen LogP contribution in [0, 0.1) is 0 Å². The first-order chi connectivity index (χ1) is 6.69. The molecule has 0 amide bonds. The van der Waals surface area contributed by atoms with E-state index < -0.39 is 0 Å². The number of halogens is 1. The van der Waals surface area contributed by atoms with Gasteiger partial charge >= 0.3 is 0 Å². The second-order valence-electron chi connectivity index (χ2n) is 3.59. The van der Waals surface area contributed by atoms with Crippen molar-refractivity contribution in [2.75, 3.05) is 0 Å². The van der Waals surface area contributed by atoms with Gasteiger partial charge in [-0.3, -0.25) is 0 Å². The Morgan fingerprint density at radius 3 is 2.64 bits per heavy atom. The van der Waals surface area contributed by atoms with Crippen molar-refractivity contribution in [2.45, 2.75) is 39.2 Å². The van der Waals surface area contributed by atoms with Gasteiger partial charge in [0.05, 0.1) is 0 Å². The molecule has 78 valence electrons. The van der Waals surface area contributed by atoms with Crippen molar-refractivity contribution in [1.82, 2.24) is 0 Å². The van der Waals surface area contributed by atoms with E-state index in [1.54, 1.807) is 0 Å². The number of aryl methyl sites for hydroxylation is 1. The molecule has 1 rings (SSSR count). The molecule has 1 atom stereocenters. The Kier molecular flexibility index (Phi) is 4.63. The molecule has 0 fully saturated rings. The zero-order chi connectivity index (χ0) is 10.6. The Labute approximate surface area is 94.8 Å². The molecular formula is C12H18BrN. The van der Waals surface area contributed by atoms with Crippen molar-refractivity contribution in [3.63, 3.8) is 0 Å². The summed E-state index contributed by atoms with van der Waals surface area (Å²) in [6.07, 6.45) is 3.25. The molecule has 0 aliphatic rings. The van der Waals surface area contributed by atoms with Crippen LogP contribution >= 0.6 is 15.9 Å². The molecule has 0 radical (unpaired) electrons. The molecule has 0 saturated carbocycles. The summed E-state index contributed by atoms with van der Waals surface area (Å²) in [5.41, 5.74) is 8.78. The van der Waals surface area contributed by atoms with Gasteiger partial charge in [-0.05, 0) is 36.1 Å². The smallest absolute Gasteiger partial charge is 0.0297 e. The Bertz CT molecular complexity index is 296. The Balaban J connectivity index is 2.95. The quantitative estimate of drug-likeness (QED) is 0.870. The van der Waals surface area contributed by atoms with Gasteiger partial charge in [-0.1, -0.05) is 42.3 Å². The molecule has 0 aliphatic carbocycles. The first-order valence-corrected chi connectivity index (χ1v) is 6.02. The van der Waals surface area contributed by atoms with Crippen LogP contribution in [-0.2, 0) is 6.42 Å². The van der Waals surface area contributed by atoms with E-state index in [-0.39, 0.29) is 6.04 Å². The Morgan fingerprint density at radius 2 is 2.07 bits per heavy atom. The second kappa shape index (κ2) is 5.52. The van der Waals surface area contributed by atoms with Crippen molar-refractivity contribution in [3.8, 4) is 0 Å². The van der Waals surface area contributed by atoms with Crippen LogP contribution < -0.4 is 5.73 Å². The van der Waals surface area contributed by atoms with Crippen LogP contribution in [0.2, 0.25) is 0 Å². The molecule has 0 aliphatic heterocycles. The van der Waals surface area contributed by atoms with Gasteiger partial charge in [-0.2, -0.15) is 0 Å². The van der Waals surface area contributed by atoms with Crippen LogP contribution in [0.1, 0.15) is 43.9 Å². The second-order valence-corrected chi connectivity index (χ2v) is 4.51. The van der Waals surface area contributed by atoms with Gasteiger partial charge in [0, 0.05) is 10.5 Å². The van der Waals surface area contributed by atoms with Crippen LogP contribution in [0.15, 0.2) is 22.7 Å². The van der Waals surface area contributed by atoms with Crippen molar-refractivity contribution in [1.29, 1.82) is 0 Å². The molecule has 2 heteroatoms. The lowest BCUT2D eigenvalue weighted by atomic mass is 9.96. The van der Waals surface area contributed by atoms with Gasteiger partial charge in [-0.25, -0.2) is 0 Å². The molecule has 14 heavy (non-hydrogen) atoms. The summed E-state index contributed by atoms with van der Waals surface area (Å²) in [6, 6.07) is 6.58. The predicted molar refractivity (Wildman–Crippen MR) is 65.4 cm³/mol. The number of nitrogens with two attached hydrogens (primary N) is 1.